The molecule has 0 bridgehead atoms. The zero-order chi connectivity index (χ0) is 12.1. The van der Waals surface area contributed by atoms with E-state index in [1.807, 2.05) is 24.2 Å². The number of hydrogen-bond donors (Lipinski definition) is 1. The van der Waals surface area contributed by atoms with Crippen molar-refractivity contribution in [3.63, 3.8) is 0 Å². The number of thioether (sulfide) groups is 1. The van der Waals surface area contributed by atoms with Gasteiger partial charge in [-0.2, -0.15) is 11.8 Å². The Morgan fingerprint density at radius 3 is 2.76 bits per heavy atom. The average Bonchev–Trinajstić information content (AvgIpc) is 2.38. The highest BCUT2D eigenvalue weighted by Gasteiger charge is 2.30. The van der Waals surface area contributed by atoms with Gasteiger partial charge in [-0.25, -0.2) is 0 Å². The molecule has 1 aromatic heterocycles. The van der Waals surface area contributed by atoms with Crippen LogP contribution in [0, 0.1) is 0 Å². The molecule has 1 fully saturated rings. The third kappa shape index (κ3) is 3.62. The van der Waals surface area contributed by atoms with Crippen LogP contribution in [0.15, 0.2) is 22.9 Å². The molecule has 0 unspecified atom stereocenters. The van der Waals surface area contributed by atoms with Crippen molar-refractivity contribution < 1.29 is 0 Å². The van der Waals surface area contributed by atoms with Crippen molar-refractivity contribution in [2.24, 2.45) is 0 Å². The largest absolute Gasteiger partial charge is 0.382 e. The lowest BCUT2D eigenvalue weighted by Gasteiger charge is -2.36. The topological polar surface area (TPSA) is 24.9 Å². The smallest absolute Gasteiger partial charge is 0.0538 e. The third-order valence-corrected chi connectivity index (χ3v) is 5.37. The Labute approximate surface area is 116 Å². The number of pyridine rings is 1. The first-order chi connectivity index (χ1) is 8.24. The zero-order valence-corrected chi connectivity index (χ0v) is 12.6. The molecule has 4 heteroatoms. The van der Waals surface area contributed by atoms with Crippen LogP contribution in [0.3, 0.4) is 0 Å². The maximum Gasteiger partial charge on any atom is 0.0538 e. The van der Waals surface area contributed by atoms with Crippen LogP contribution in [-0.4, -0.2) is 22.5 Å². The lowest BCUT2D eigenvalue weighted by molar-refractivity contribution is 0.411. The Bertz CT molecular complexity index is 364. The minimum absolute atomic E-state index is 0.431. The van der Waals surface area contributed by atoms with Crippen molar-refractivity contribution in [3.8, 4) is 0 Å². The van der Waals surface area contributed by atoms with Crippen molar-refractivity contribution >= 4 is 33.4 Å². The van der Waals surface area contributed by atoms with Crippen molar-refractivity contribution in [1.29, 1.82) is 0 Å². The molecule has 0 aromatic carbocycles. The first-order valence-electron chi connectivity index (χ1n) is 6.14. The molecule has 0 radical (unpaired) electrons. The summed E-state index contributed by atoms with van der Waals surface area (Å²) in [7, 11) is 0. The van der Waals surface area contributed by atoms with E-state index in [-0.39, 0.29) is 0 Å². The first-order valence-corrected chi connectivity index (χ1v) is 8.15. The first kappa shape index (κ1) is 13.2. The van der Waals surface area contributed by atoms with Crippen LogP contribution in [0.2, 0.25) is 0 Å². The molecular formula is C13H19BrN2S. The summed E-state index contributed by atoms with van der Waals surface area (Å²) in [6.45, 7) is 1.05. The summed E-state index contributed by atoms with van der Waals surface area (Å²) in [6, 6.07) is 2.09. The van der Waals surface area contributed by atoms with Gasteiger partial charge in [-0.3, -0.25) is 4.98 Å². The molecule has 0 amide bonds. The molecule has 1 heterocycles. The highest BCUT2D eigenvalue weighted by Crippen LogP contribution is 2.38. The number of halogens is 1. The van der Waals surface area contributed by atoms with Crippen LogP contribution in [-0.2, 0) is 0 Å². The molecule has 17 heavy (non-hydrogen) atoms. The molecule has 1 saturated carbocycles. The number of nitrogens with one attached hydrogen (secondary N) is 1. The van der Waals surface area contributed by atoms with Gasteiger partial charge in [0.05, 0.1) is 11.9 Å². The molecule has 1 N–H and O–H groups in total. The summed E-state index contributed by atoms with van der Waals surface area (Å²) in [6.07, 6.45) is 12.8. The lowest BCUT2D eigenvalue weighted by atomic mass is 9.88. The van der Waals surface area contributed by atoms with E-state index in [4.69, 9.17) is 0 Å². The Morgan fingerprint density at radius 1 is 1.35 bits per heavy atom. The van der Waals surface area contributed by atoms with Crippen LogP contribution in [0.4, 0.5) is 5.69 Å². The van der Waals surface area contributed by atoms with E-state index in [0.29, 0.717) is 4.75 Å². The minimum atomic E-state index is 0.431. The van der Waals surface area contributed by atoms with Crippen molar-refractivity contribution in [2.45, 2.75) is 36.9 Å². The summed E-state index contributed by atoms with van der Waals surface area (Å²) in [4.78, 5) is 4.18. The highest BCUT2D eigenvalue weighted by atomic mass is 79.9. The van der Waals surface area contributed by atoms with Gasteiger partial charge in [-0.15, -0.1) is 0 Å². The molecule has 94 valence electrons. The van der Waals surface area contributed by atoms with E-state index < -0.39 is 0 Å². The molecule has 0 atom stereocenters. The SMILES string of the molecule is CSC1(CNc2cncc(Br)c2)CCCCC1. The van der Waals surface area contributed by atoms with E-state index >= 15 is 0 Å². The van der Waals surface area contributed by atoms with Gasteiger partial charge < -0.3 is 5.32 Å². The van der Waals surface area contributed by atoms with E-state index in [1.165, 1.54) is 32.1 Å². The van der Waals surface area contributed by atoms with Gasteiger partial charge in [0.15, 0.2) is 0 Å². The predicted octanol–water partition coefficient (Wildman–Crippen LogP) is 4.32. The van der Waals surface area contributed by atoms with Crippen LogP contribution in [0.5, 0.6) is 0 Å². The monoisotopic (exact) mass is 314 g/mol. The van der Waals surface area contributed by atoms with E-state index in [9.17, 15) is 0 Å². The fraction of sp³-hybridized carbons (Fsp3) is 0.615. The molecule has 1 aromatic rings. The van der Waals surface area contributed by atoms with Gasteiger partial charge in [0.1, 0.15) is 0 Å². The standard InChI is InChI=1S/C13H19BrN2S/c1-17-13(5-3-2-4-6-13)10-16-12-7-11(14)8-15-9-12/h7-9,16H,2-6,10H2,1H3. The number of hydrogen-bond acceptors (Lipinski definition) is 3. The quantitative estimate of drug-likeness (QED) is 0.895. The Hall–Kier alpha value is -0.220. The van der Waals surface area contributed by atoms with Crippen molar-refractivity contribution in [1.82, 2.24) is 4.98 Å². The fourth-order valence-electron chi connectivity index (χ4n) is 2.42. The third-order valence-electron chi connectivity index (χ3n) is 3.52. The van der Waals surface area contributed by atoms with Gasteiger partial charge in [-0.1, -0.05) is 19.3 Å². The normalized spacial score (nSPS) is 18.9. The maximum atomic E-state index is 4.18. The molecule has 1 aliphatic rings. The lowest BCUT2D eigenvalue weighted by Crippen LogP contribution is -2.35. The van der Waals surface area contributed by atoms with E-state index in [2.05, 4.69) is 38.6 Å². The second-order valence-electron chi connectivity index (χ2n) is 4.69. The summed E-state index contributed by atoms with van der Waals surface area (Å²) in [5.74, 6) is 0. The predicted molar refractivity (Wildman–Crippen MR) is 79.8 cm³/mol. The Morgan fingerprint density at radius 2 is 2.12 bits per heavy atom. The Balaban J connectivity index is 1.95. The number of anilines is 1. The van der Waals surface area contributed by atoms with Crippen molar-refractivity contribution in [2.75, 3.05) is 18.1 Å². The second-order valence-corrected chi connectivity index (χ2v) is 6.88. The number of nitrogens with zero attached hydrogens (tertiary/aromatic N) is 1. The Kier molecular flexibility index (Phi) is 4.74. The molecular weight excluding hydrogens is 296 g/mol. The van der Waals surface area contributed by atoms with Gasteiger partial charge in [0, 0.05) is 22.0 Å². The van der Waals surface area contributed by atoms with Gasteiger partial charge in [-0.05, 0) is 41.1 Å². The van der Waals surface area contributed by atoms with Gasteiger partial charge in [0.25, 0.3) is 0 Å². The maximum absolute atomic E-state index is 4.18. The van der Waals surface area contributed by atoms with Crippen LogP contribution < -0.4 is 5.32 Å². The zero-order valence-electron chi connectivity index (χ0n) is 10.2. The molecule has 0 saturated heterocycles. The summed E-state index contributed by atoms with van der Waals surface area (Å²) in [5.41, 5.74) is 1.11. The van der Waals surface area contributed by atoms with E-state index in [0.717, 1.165) is 16.7 Å². The van der Waals surface area contributed by atoms with Gasteiger partial charge in [0.2, 0.25) is 0 Å². The molecule has 2 nitrogen and oxygen atoms in total. The highest BCUT2D eigenvalue weighted by molar-refractivity contribution is 9.10. The summed E-state index contributed by atoms with van der Waals surface area (Å²) < 4.78 is 1.46. The van der Waals surface area contributed by atoms with Crippen LogP contribution in [0.1, 0.15) is 32.1 Å². The molecule has 2 rings (SSSR count). The van der Waals surface area contributed by atoms with Crippen LogP contribution >= 0.6 is 27.7 Å². The fourth-order valence-corrected chi connectivity index (χ4v) is 3.70. The summed E-state index contributed by atoms with van der Waals surface area (Å²) in [5, 5.41) is 3.53. The average molecular weight is 315 g/mol. The molecule has 1 aliphatic carbocycles. The molecule has 0 spiro atoms. The number of aromatic nitrogens is 1. The van der Waals surface area contributed by atoms with Crippen molar-refractivity contribution in [3.05, 3.63) is 22.9 Å². The van der Waals surface area contributed by atoms with Gasteiger partial charge >= 0.3 is 0 Å². The number of rotatable bonds is 4. The minimum Gasteiger partial charge on any atom is -0.382 e. The second kappa shape index (κ2) is 6.10. The van der Waals surface area contributed by atoms with Crippen LogP contribution in [0.25, 0.3) is 0 Å². The molecule has 0 aliphatic heterocycles. The summed E-state index contributed by atoms with van der Waals surface area (Å²) >= 11 is 5.47. The van der Waals surface area contributed by atoms with E-state index in [1.54, 1.807) is 0 Å².